The maximum absolute atomic E-state index is 12.7. The summed E-state index contributed by atoms with van der Waals surface area (Å²) in [5.41, 5.74) is 0.586. The van der Waals surface area contributed by atoms with Crippen LogP contribution in [-0.4, -0.2) is 37.9 Å². The molecule has 2 aromatic carbocycles. The number of alkyl halides is 6. The van der Waals surface area contributed by atoms with Crippen molar-refractivity contribution < 1.29 is 40.6 Å². The van der Waals surface area contributed by atoms with Gasteiger partial charge in [-0.15, -0.1) is 13.2 Å². The summed E-state index contributed by atoms with van der Waals surface area (Å²) < 4.78 is 91.7. The molecule has 2 saturated heterocycles. The second-order valence-electron chi connectivity index (χ2n) is 8.33. The monoisotopic (exact) mass is 475 g/mol. The van der Waals surface area contributed by atoms with E-state index in [1.54, 1.807) is 0 Å². The van der Waals surface area contributed by atoms with Gasteiger partial charge in [0.05, 0.1) is 18.2 Å². The van der Waals surface area contributed by atoms with Crippen LogP contribution in [-0.2, 0) is 4.74 Å². The fourth-order valence-electron chi connectivity index (χ4n) is 4.74. The molecule has 0 aliphatic carbocycles. The number of ether oxygens (including phenoxy) is 3. The molecule has 2 fully saturated rings. The molecule has 2 aromatic rings. The summed E-state index contributed by atoms with van der Waals surface area (Å²) in [4.78, 5) is 0. The molecule has 33 heavy (non-hydrogen) atoms. The van der Waals surface area contributed by atoms with Crippen molar-refractivity contribution >= 4 is 0 Å². The number of hydrogen-bond donors (Lipinski definition) is 1. The molecule has 2 aliphatic rings. The minimum atomic E-state index is -4.93. The molecule has 4 rings (SSSR count). The first-order valence-electron chi connectivity index (χ1n) is 10.6. The molecule has 0 amide bonds. The summed E-state index contributed by atoms with van der Waals surface area (Å²) in [7, 11) is 0. The molecule has 0 aromatic heterocycles. The molecule has 1 spiro atoms. The highest BCUT2D eigenvalue weighted by molar-refractivity contribution is 5.44. The molecule has 180 valence electrons. The number of benzene rings is 2. The first-order valence-corrected chi connectivity index (χ1v) is 10.6. The summed E-state index contributed by atoms with van der Waals surface area (Å²) in [5, 5.41) is 3.46. The first kappa shape index (κ1) is 23.7. The summed E-state index contributed by atoms with van der Waals surface area (Å²) in [5.74, 6) is -1.11. The van der Waals surface area contributed by atoms with Gasteiger partial charge in [-0.05, 0) is 49.6 Å². The van der Waals surface area contributed by atoms with Crippen LogP contribution in [0.25, 0.3) is 0 Å². The van der Waals surface area contributed by atoms with Crippen molar-refractivity contribution in [3.63, 3.8) is 0 Å². The number of rotatable bonds is 5. The van der Waals surface area contributed by atoms with Gasteiger partial charge in [-0.1, -0.05) is 30.3 Å². The van der Waals surface area contributed by atoms with E-state index in [-0.39, 0.29) is 24.0 Å². The zero-order valence-corrected chi connectivity index (χ0v) is 17.5. The molecular formula is C23H23F6NO3. The van der Waals surface area contributed by atoms with E-state index >= 15 is 0 Å². The Labute approximate surface area is 186 Å². The highest BCUT2D eigenvalue weighted by atomic mass is 19.4. The largest absolute Gasteiger partial charge is 0.573 e. The normalized spacial score (nSPS) is 25.9. The van der Waals surface area contributed by atoms with Crippen molar-refractivity contribution in [1.29, 1.82) is 0 Å². The Morgan fingerprint density at radius 3 is 2.48 bits per heavy atom. The van der Waals surface area contributed by atoms with Gasteiger partial charge in [0, 0.05) is 11.5 Å². The van der Waals surface area contributed by atoms with Gasteiger partial charge < -0.3 is 19.5 Å². The third-order valence-electron chi connectivity index (χ3n) is 5.99. The van der Waals surface area contributed by atoms with Crippen molar-refractivity contribution in [2.24, 2.45) is 0 Å². The second-order valence-corrected chi connectivity index (χ2v) is 8.33. The van der Waals surface area contributed by atoms with E-state index in [0.717, 1.165) is 36.7 Å². The topological polar surface area (TPSA) is 39.7 Å². The molecule has 2 aliphatic heterocycles. The Morgan fingerprint density at radius 2 is 1.79 bits per heavy atom. The Morgan fingerprint density at radius 1 is 1.03 bits per heavy atom. The van der Waals surface area contributed by atoms with Crippen molar-refractivity contribution in [1.82, 2.24) is 5.32 Å². The number of nitrogens with one attached hydrogen (secondary N) is 1. The Bertz CT molecular complexity index is 949. The standard InChI is InChI=1S/C23H23F6NO3/c24-22(25,26)14-31-19-8-7-17(33-23(27,28)29)11-18(19)16-12-21(32-13-16)9-4-10-30-20(21)15-5-2-1-3-6-15/h1-3,5-8,11,16,20,30H,4,9-10,12-14H2/t16-,20+,21-/m1/s1. The Balaban J connectivity index is 1.63. The highest BCUT2D eigenvalue weighted by Crippen LogP contribution is 2.50. The van der Waals surface area contributed by atoms with Gasteiger partial charge in [-0.25, -0.2) is 0 Å². The third-order valence-corrected chi connectivity index (χ3v) is 5.99. The molecule has 2 heterocycles. The second kappa shape index (κ2) is 9.06. The first-order chi connectivity index (χ1) is 15.5. The van der Waals surface area contributed by atoms with Crippen LogP contribution in [0.5, 0.6) is 11.5 Å². The smallest absolute Gasteiger partial charge is 0.484 e. The van der Waals surface area contributed by atoms with Crippen LogP contribution in [0.3, 0.4) is 0 Å². The van der Waals surface area contributed by atoms with Gasteiger partial charge in [-0.3, -0.25) is 0 Å². The molecule has 0 unspecified atom stereocenters. The molecule has 0 bridgehead atoms. The van der Waals surface area contributed by atoms with Crippen LogP contribution in [0.4, 0.5) is 26.3 Å². The van der Waals surface area contributed by atoms with Crippen LogP contribution in [0.1, 0.15) is 42.3 Å². The lowest BCUT2D eigenvalue weighted by Gasteiger charge is -2.41. The lowest BCUT2D eigenvalue weighted by atomic mass is 9.77. The summed E-state index contributed by atoms with van der Waals surface area (Å²) in [6, 6.07) is 12.6. The fraction of sp³-hybridized carbons (Fsp3) is 0.478. The van der Waals surface area contributed by atoms with Crippen molar-refractivity contribution in [3.8, 4) is 11.5 Å². The predicted molar refractivity (Wildman–Crippen MR) is 107 cm³/mol. The van der Waals surface area contributed by atoms with E-state index in [1.165, 1.54) is 0 Å². The van der Waals surface area contributed by atoms with E-state index in [2.05, 4.69) is 10.1 Å². The zero-order chi connectivity index (χ0) is 23.7. The lowest BCUT2D eigenvalue weighted by molar-refractivity contribution is -0.274. The average molecular weight is 475 g/mol. The van der Waals surface area contributed by atoms with E-state index in [9.17, 15) is 26.3 Å². The number of hydrogen-bond acceptors (Lipinski definition) is 4. The fourth-order valence-corrected chi connectivity index (χ4v) is 4.74. The third kappa shape index (κ3) is 5.73. The van der Waals surface area contributed by atoms with Gasteiger partial charge in [0.1, 0.15) is 11.5 Å². The van der Waals surface area contributed by atoms with Crippen molar-refractivity contribution in [2.45, 2.75) is 49.4 Å². The summed E-state index contributed by atoms with van der Waals surface area (Å²) in [6.07, 6.45) is -7.54. The van der Waals surface area contributed by atoms with Gasteiger partial charge in [0.15, 0.2) is 6.61 Å². The van der Waals surface area contributed by atoms with Gasteiger partial charge in [0.2, 0.25) is 0 Å². The number of halogens is 6. The van der Waals surface area contributed by atoms with Gasteiger partial charge in [0.25, 0.3) is 0 Å². The molecule has 4 nitrogen and oxygen atoms in total. The van der Waals surface area contributed by atoms with Crippen molar-refractivity contribution in [3.05, 3.63) is 59.7 Å². The lowest BCUT2D eigenvalue weighted by Crippen LogP contribution is -2.48. The molecule has 1 N–H and O–H groups in total. The average Bonchev–Trinajstić information content (AvgIpc) is 3.16. The van der Waals surface area contributed by atoms with E-state index in [4.69, 9.17) is 9.47 Å². The Hall–Kier alpha value is -2.46. The maximum Gasteiger partial charge on any atom is 0.573 e. The summed E-state index contributed by atoms with van der Waals surface area (Å²) >= 11 is 0. The van der Waals surface area contributed by atoms with Crippen LogP contribution in [0.2, 0.25) is 0 Å². The van der Waals surface area contributed by atoms with Gasteiger partial charge in [-0.2, -0.15) is 13.2 Å². The molecule has 0 saturated carbocycles. The van der Waals surface area contributed by atoms with E-state index < -0.39 is 36.4 Å². The number of piperidine rings is 1. The molecule has 10 heteroatoms. The zero-order valence-electron chi connectivity index (χ0n) is 17.5. The molecular weight excluding hydrogens is 452 g/mol. The quantitative estimate of drug-likeness (QED) is 0.548. The van der Waals surface area contributed by atoms with Crippen LogP contribution >= 0.6 is 0 Å². The van der Waals surface area contributed by atoms with Crippen LogP contribution in [0, 0.1) is 0 Å². The van der Waals surface area contributed by atoms with Gasteiger partial charge >= 0.3 is 12.5 Å². The van der Waals surface area contributed by atoms with E-state index in [1.807, 2.05) is 30.3 Å². The minimum absolute atomic E-state index is 0.132. The highest BCUT2D eigenvalue weighted by Gasteiger charge is 2.49. The van der Waals surface area contributed by atoms with Crippen LogP contribution < -0.4 is 14.8 Å². The maximum atomic E-state index is 12.7. The molecule has 0 radical (unpaired) electrons. The van der Waals surface area contributed by atoms with Crippen molar-refractivity contribution in [2.75, 3.05) is 19.8 Å². The predicted octanol–water partition coefficient (Wildman–Crippen LogP) is 5.89. The SMILES string of the molecule is FC(F)(F)COc1ccc(OC(F)(F)F)cc1[C@H]1CO[C@]2(CCCN[C@H]2c2ccccc2)C1. The Kier molecular flexibility index (Phi) is 6.50. The summed E-state index contributed by atoms with van der Waals surface area (Å²) in [6.45, 7) is -0.626. The van der Waals surface area contributed by atoms with E-state index in [0.29, 0.717) is 12.8 Å². The minimum Gasteiger partial charge on any atom is -0.484 e. The molecule has 3 atom stereocenters. The van der Waals surface area contributed by atoms with Crippen LogP contribution in [0.15, 0.2) is 48.5 Å².